The quantitative estimate of drug-likeness (QED) is 0.419. The Bertz CT molecular complexity index is 33.8. The van der Waals surface area contributed by atoms with Crippen molar-refractivity contribution in [1.29, 1.82) is 0 Å². The van der Waals surface area contributed by atoms with Gasteiger partial charge in [0.15, 0.2) is 0 Å². The molecule has 2 radical (unpaired) electrons. The zero-order valence-electron chi connectivity index (χ0n) is 3.22. The Labute approximate surface area is 97.7 Å². The molecule has 3 nitrogen and oxygen atoms in total. The molecular formula is CKO3Pb+. The maximum Gasteiger partial charge on any atom is 2.00 e. The van der Waals surface area contributed by atoms with Crippen molar-refractivity contribution in [2.45, 2.75) is 0 Å². The van der Waals surface area contributed by atoms with E-state index < -0.39 is 6.16 Å². The van der Waals surface area contributed by atoms with Crippen molar-refractivity contribution in [1.82, 2.24) is 0 Å². The van der Waals surface area contributed by atoms with Crippen molar-refractivity contribution in [2.75, 3.05) is 0 Å². The first-order valence-corrected chi connectivity index (χ1v) is 0.612. The van der Waals surface area contributed by atoms with Gasteiger partial charge in [-0.15, -0.1) is 0 Å². The molecule has 0 fully saturated rings. The molecule has 0 rings (SSSR count). The largest absolute Gasteiger partial charge is 2.00 e. The molecule has 0 bridgehead atoms. The maximum atomic E-state index is 8.33. The SMILES string of the molecule is O=C([O-])[O-].[K+].[Pb+2]. The van der Waals surface area contributed by atoms with Crippen LogP contribution < -0.4 is 61.6 Å². The van der Waals surface area contributed by atoms with Crippen molar-refractivity contribution >= 4 is 33.5 Å². The summed E-state index contributed by atoms with van der Waals surface area (Å²) in [6, 6.07) is 0. The maximum absolute atomic E-state index is 8.33. The minimum Gasteiger partial charge on any atom is -0.652 e. The number of rotatable bonds is 0. The van der Waals surface area contributed by atoms with Crippen LogP contribution in [-0.4, -0.2) is 33.5 Å². The molecule has 0 N–H and O–H groups in total. The van der Waals surface area contributed by atoms with Gasteiger partial charge in [-0.3, -0.25) is 0 Å². The first kappa shape index (κ1) is 15.7. The molecule has 0 aliphatic rings. The third-order valence-corrected chi connectivity index (χ3v) is 0. The van der Waals surface area contributed by atoms with Crippen LogP contribution in [0, 0.1) is 0 Å². The monoisotopic (exact) mass is 307 g/mol. The summed E-state index contributed by atoms with van der Waals surface area (Å²) in [4.78, 5) is 8.33. The normalized spacial score (nSPS) is 4.00. The molecule has 0 aromatic heterocycles. The Balaban J connectivity index is -0.0000000450. The molecule has 0 atom stereocenters. The molecule has 0 spiro atoms. The first-order chi connectivity index (χ1) is 1.73. The molecule has 0 saturated carbocycles. The van der Waals surface area contributed by atoms with E-state index in [4.69, 9.17) is 15.0 Å². The molecule has 0 heterocycles. The van der Waals surface area contributed by atoms with E-state index in [2.05, 4.69) is 0 Å². The van der Waals surface area contributed by atoms with E-state index >= 15 is 0 Å². The third-order valence-electron chi connectivity index (χ3n) is 0. The van der Waals surface area contributed by atoms with E-state index in [9.17, 15) is 0 Å². The predicted molar refractivity (Wildman–Crippen MR) is 11.1 cm³/mol. The van der Waals surface area contributed by atoms with E-state index in [0.717, 1.165) is 0 Å². The van der Waals surface area contributed by atoms with E-state index in [0.29, 0.717) is 0 Å². The summed E-state index contributed by atoms with van der Waals surface area (Å²) in [7, 11) is 0. The van der Waals surface area contributed by atoms with Gasteiger partial charge in [0.2, 0.25) is 0 Å². The van der Waals surface area contributed by atoms with Crippen LogP contribution in [0.1, 0.15) is 0 Å². The fourth-order valence-electron chi connectivity index (χ4n) is 0. The Morgan fingerprint density at radius 3 is 1.33 bits per heavy atom. The van der Waals surface area contributed by atoms with Crippen LogP contribution in [-0.2, 0) is 0 Å². The number of carbonyl (C=O) groups excluding carboxylic acids is 1. The average molecular weight is 306 g/mol. The van der Waals surface area contributed by atoms with Crippen LogP contribution in [0.25, 0.3) is 0 Å². The first-order valence-electron chi connectivity index (χ1n) is 0.612. The molecule has 6 heavy (non-hydrogen) atoms. The summed E-state index contributed by atoms with van der Waals surface area (Å²) in [6.07, 6.45) is -2.33. The summed E-state index contributed by atoms with van der Waals surface area (Å²) < 4.78 is 0. The van der Waals surface area contributed by atoms with E-state index in [1.807, 2.05) is 0 Å². The average Bonchev–Trinajstić information content (AvgIpc) is 0.811. The molecule has 26 valence electrons. The molecule has 0 aliphatic carbocycles. The van der Waals surface area contributed by atoms with Gasteiger partial charge in [-0.2, -0.15) is 0 Å². The summed E-state index contributed by atoms with van der Waals surface area (Å²) in [5.74, 6) is 0. The van der Waals surface area contributed by atoms with Gasteiger partial charge in [0.25, 0.3) is 0 Å². The van der Waals surface area contributed by atoms with Crippen LogP contribution in [0.2, 0.25) is 0 Å². The molecule has 0 aromatic rings. The van der Waals surface area contributed by atoms with Crippen molar-refractivity contribution in [3.05, 3.63) is 0 Å². The van der Waals surface area contributed by atoms with Gasteiger partial charge in [-0.05, 0) is 6.16 Å². The molecule has 0 unspecified atom stereocenters. The second-order valence-corrected chi connectivity index (χ2v) is 0.250. The van der Waals surface area contributed by atoms with Gasteiger partial charge < -0.3 is 15.0 Å². The Morgan fingerprint density at radius 2 is 1.33 bits per heavy atom. The summed E-state index contributed by atoms with van der Waals surface area (Å²) in [5, 5.41) is 16.7. The minimum absolute atomic E-state index is 0. The Kier molecular flexibility index (Phi) is 26.0. The third kappa shape index (κ3) is 40.6. The summed E-state index contributed by atoms with van der Waals surface area (Å²) >= 11 is 0. The van der Waals surface area contributed by atoms with Crippen molar-refractivity contribution in [3.63, 3.8) is 0 Å². The zero-order chi connectivity index (χ0) is 3.58. The van der Waals surface area contributed by atoms with Crippen molar-refractivity contribution < 1.29 is 66.4 Å². The van der Waals surface area contributed by atoms with Gasteiger partial charge >= 0.3 is 78.7 Å². The second kappa shape index (κ2) is 9.95. The van der Waals surface area contributed by atoms with Crippen molar-refractivity contribution in [2.24, 2.45) is 0 Å². The zero-order valence-corrected chi connectivity index (χ0v) is 10.2. The van der Waals surface area contributed by atoms with Crippen LogP contribution >= 0.6 is 0 Å². The van der Waals surface area contributed by atoms with E-state index in [1.54, 1.807) is 0 Å². The molecule has 0 amide bonds. The smallest absolute Gasteiger partial charge is 0.652 e. The van der Waals surface area contributed by atoms with E-state index in [1.165, 1.54) is 0 Å². The number of hydrogen-bond acceptors (Lipinski definition) is 3. The minimum atomic E-state index is -2.33. The van der Waals surface area contributed by atoms with Crippen molar-refractivity contribution in [3.8, 4) is 0 Å². The molecule has 0 aromatic carbocycles. The van der Waals surface area contributed by atoms with Gasteiger partial charge in [0.1, 0.15) is 0 Å². The van der Waals surface area contributed by atoms with Crippen LogP contribution in [0.3, 0.4) is 0 Å². The molecule has 5 heteroatoms. The Morgan fingerprint density at radius 1 is 1.33 bits per heavy atom. The predicted octanol–water partition coefficient (Wildman–Crippen LogP) is -5.82. The summed E-state index contributed by atoms with van der Waals surface area (Å²) in [6.45, 7) is 0. The fourth-order valence-corrected chi connectivity index (χ4v) is 0. The number of carboxylic acid groups (broad SMARTS) is 2. The van der Waals surface area contributed by atoms with Gasteiger partial charge in [0, 0.05) is 0 Å². The van der Waals surface area contributed by atoms with Crippen LogP contribution in [0.15, 0.2) is 0 Å². The van der Waals surface area contributed by atoms with Gasteiger partial charge in [0.05, 0.1) is 0 Å². The van der Waals surface area contributed by atoms with Gasteiger partial charge in [-0.25, -0.2) is 0 Å². The molecule has 0 aliphatic heterocycles. The standard InChI is InChI=1S/CH2O3.K.Pb/c2-1(3)4;;/h(H2,2,3,4);;/q;+1;+2/p-2. The Hall–Kier alpha value is 1.83. The van der Waals surface area contributed by atoms with Crippen LogP contribution in [0.5, 0.6) is 0 Å². The topological polar surface area (TPSA) is 63.2 Å². The molecular weight excluding hydrogens is 306 g/mol. The summed E-state index contributed by atoms with van der Waals surface area (Å²) in [5.41, 5.74) is 0. The number of carbonyl (C=O) groups is 1. The van der Waals surface area contributed by atoms with Crippen LogP contribution in [0.4, 0.5) is 4.79 Å². The fraction of sp³-hybridized carbons (Fsp3) is 0. The molecule has 0 saturated heterocycles. The van der Waals surface area contributed by atoms with E-state index in [-0.39, 0.29) is 78.7 Å². The van der Waals surface area contributed by atoms with Gasteiger partial charge in [-0.1, -0.05) is 0 Å². The second-order valence-electron chi connectivity index (χ2n) is 0.250. The number of hydrogen-bond donors (Lipinski definition) is 0.